The van der Waals surface area contributed by atoms with Gasteiger partial charge in [-0.2, -0.15) is 5.26 Å². The molecule has 0 aliphatic heterocycles. The fraction of sp³-hybridized carbons (Fsp3) is 0.222. The van der Waals surface area contributed by atoms with E-state index in [2.05, 4.69) is 4.74 Å². The van der Waals surface area contributed by atoms with E-state index in [0.29, 0.717) is 22.4 Å². The predicted molar refractivity (Wildman–Crippen MR) is 85.6 cm³/mol. The van der Waals surface area contributed by atoms with Crippen molar-refractivity contribution in [2.45, 2.75) is 19.1 Å². The number of halogens is 1. The molecule has 0 aromatic heterocycles. The molecule has 0 heterocycles. The van der Waals surface area contributed by atoms with E-state index in [0.717, 1.165) is 0 Å². The maximum atomic E-state index is 13.6. The van der Waals surface area contributed by atoms with Gasteiger partial charge in [0.05, 0.1) is 12.7 Å². The van der Waals surface area contributed by atoms with Gasteiger partial charge in [0, 0.05) is 5.56 Å². The van der Waals surface area contributed by atoms with Crippen LogP contribution in [-0.2, 0) is 22.6 Å². The first-order valence-corrected chi connectivity index (χ1v) is 7.27. The normalized spacial score (nSPS) is 11.4. The smallest absolute Gasteiger partial charge is 0.322 e. The summed E-state index contributed by atoms with van der Waals surface area (Å²) in [7, 11) is 1.27. The average Bonchev–Trinajstić information content (AvgIpc) is 2.60. The highest BCUT2D eigenvalue weighted by Crippen LogP contribution is 2.22. The Labute approximate surface area is 139 Å². The second-order valence-electron chi connectivity index (χ2n) is 5.16. The second-order valence-corrected chi connectivity index (χ2v) is 5.16. The summed E-state index contributed by atoms with van der Waals surface area (Å²) in [5.41, 5.74) is 7.11. The lowest BCUT2D eigenvalue weighted by molar-refractivity contribution is -0.142. The van der Waals surface area contributed by atoms with Crippen LogP contribution in [0.25, 0.3) is 0 Å². The topological polar surface area (TPSA) is 85.3 Å². The minimum atomic E-state index is -0.799. The molecular weight excluding hydrogens is 311 g/mol. The molecule has 0 unspecified atom stereocenters. The Morgan fingerprint density at radius 1 is 1.33 bits per heavy atom. The molecule has 24 heavy (non-hydrogen) atoms. The summed E-state index contributed by atoms with van der Waals surface area (Å²) in [6.07, 6.45) is 0.245. The number of hydrogen-bond acceptors (Lipinski definition) is 5. The van der Waals surface area contributed by atoms with Crippen molar-refractivity contribution in [3.8, 4) is 11.8 Å². The fourth-order valence-electron chi connectivity index (χ4n) is 2.18. The monoisotopic (exact) mass is 328 g/mol. The summed E-state index contributed by atoms with van der Waals surface area (Å²) in [6.45, 7) is 0.0162. The highest BCUT2D eigenvalue weighted by Gasteiger charge is 2.15. The third-order valence-electron chi connectivity index (χ3n) is 3.46. The molecule has 0 saturated carbocycles. The van der Waals surface area contributed by atoms with Gasteiger partial charge in [0.15, 0.2) is 0 Å². The van der Waals surface area contributed by atoms with Gasteiger partial charge in [-0.25, -0.2) is 4.39 Å². The van der Waals surface area contributed by atoms with Gasteiger partial charge in [-0.15, -0.1) is 0 Å². The van der Waals surface area contributed by atoms with Crippen LogP contribution in [0.2, 0.25) is 0 Å². The fourth-order valence-corrected chi connectivity index (χ4v) is 2.18. The molecule has 2 aromatic rings. The first-order valence-electron chi connectivity index (χ1n) is 7.27. The van der Waals surface area contributed by atoms with Crippen LogP contribution in [0.5, 0.6) is 5.75 Å². The quantitative estimate of drug-likeness (QED) is 0.823. The lowest BCUT2D eigenvalue weighted by Crippen LogP contribution is -2.33. The highest BCUT2D eigenvalue weighted by atomic mass is 19.1. The molecule has 5 nitrogen and oxygen atoms in total. The zero-order valence-electron chi connectivity index (χ0n) is 13.2. The number of methoxy groups -OCH3 is 1. The van der Waals surface area contributed by atoms with Gasteiger partial charge >= 0.3 is 5.97 Å². The van der Waals surface area contributed by atoms with Gasteiger partial charge in [0.2, 0.25) is 0 Å². The molecule has 6 heteroatoms. The van der Waals surface area contributed by atoms with E-state index in [9.17, 15) is 14.4 Å². The van der Waals surface area contributed by atoms with E-state index >= 15 is 0 Å². The van der Waals surface area contributed by atoms with Crippen molar-refractivity contribution in [1.82, 2.24) is 0 Å². The molecule has 0 amide bonds. The first-order chi connectivity index (χ1) is 11.5. The number of benzene rings is 2. The van der Waals surface area contributed by atoms with Crippen LogP contribution in [-0.4, -0.2) is 19.1 Å². The molecule has 0 radical (unpaired) electrons. The van der Waals surface area contributed by atoms with Gasteiger partial charge in [0.25, 0.3) is 0 Å². The molecule has 0 aliphatic carbocycles. The number of ether oxygens (including phenoxy) is 2. The predicted octanol–water partition coefficient (Wildman–Crippen LogP) is 2.32. The number of nitrogens with two attached hydrogens (primary N) is 1. The Bertz CT molecular complexity index is 771. The van der Waals surface area contributed by atoms with E-state index in [1.807, 2.05) is 6.07 Å². The summed E-state index contributed by atoms with van der Waals surface area (Å²) in [5.74, 6) is -0.541. The lowest BCUT2D eigenvalue weighted by Gasteiger charge is -2.12. The highest BCUT2D eigenvalue weighted by molar-refractivity contribution is 5.75. The van der Waals surface area contributed by atoms with Gasteiger partial charge in [-0.1, -0.05) is 24.3 Å². The molecule has 0 saturated heterocycles. The van der Waals surface area contributed by atoms with Crippen LogP contribution in [0.1, 0.15) is 16.7 Å². The molecule has 2 N–H and O–H groups in total. The first kappa shape index (κ1) is 17.4. The number of hydrogen-bond donors (Lipinski definition) is 1. The zero-order valence-corrected chi connectivity index (χ0v) is 13.2. The summed E-state index contributed by atoms with van der Waals surface area (Å²) >= 11 is 0. The Kier molecular flexibility index (Phi) is 5.88. The maximum Gasteiger partial charge on any atom is 0.322 e. The van der Waals surface area contributed by atoms with E-state index in [1.165, 1.54) is 13.2 Å². The minimum Gasteiger partial charge on any atom is -0.487 e. The van der Waals surface area contributed by atoms with Crippen LogP contribution in [0.4, 0.5) is 4.39 Å². The van der Waals surface area contributed by atoms with Crippen molar-refractivity contribution in [1.29, 1.82) is 5.26 Å². The summed E-state index contributed by atoms with van der Waals surface area (Å²) in [4.78, 5) is 11.4. The molecule has 124 valence electrons. The average molecular weight is 328 g/mol. The number of esters is 1. The largest absolute Gasteiger partial charge is 0.487 e. The molecule has 0 spiro atoms. The van der Waals surface area contributed by atoms with Gasteiger partial charge in [0.1, 0.15) is 30.3 Å². The molecule has 0 aliphatic rings. The minimum absolute atomic E-state index is 0.0162. The van der Waals surface area contributed by atoms with Crippen molar-refractivity contribution in [2.75, 3.05) is 7.11 Å². The standard InChI is InChI=1S/C18H17FN2O3/c1-23-18(22)16(21)9-12-6-7-17(14(8-12)10-20)24-11-13-4-2-3-5-15(13)19/h2-8,16H,9,11,21H2,1H3/t16-/m0/s1. The lowest BCUT2D eigenvalue weighted by atomic mass is 10.0. The van der Waals surface area contributed by atoms with E-state index in [4.69, 9.17) is 10.5 Å². The van der Waals surface area contributed by atoms with Crippen molar-refractivity contribution < 1.29 is 18.7 Å². The molecule has 2 rings (SSSR count). The zero-order chi connectivity index (χ0) is 17.5. The second kappa shape index (κ2) is 8.09. The molecule has 0 bridgehead atoms. The van der Waals surface area contributed by atoms with Gasteiger partial charge in [-0.3, -0.25) is 4.79 Å². The van der Waals surface area contributed by atoms with Gasteiger partial charge < -0.3 is 15.2 Å². The number of nitriles is 1. The van der Waals surface area contributed by atoms with Crippen molar-refractivity contribution in [3.05, 3.63) is 65.0 Å². The number of rotatable bonds is 6. The Balaban J connectivity index is 2.11. The van der Waals surface area contributed by atoms with Crippen LogP contribution in [0, 0.1) is 17.1 Å². The summed E-state index contributed by atoms with van der Waals surface area (Å²) in [6, 6.07) is 12.4. The number of carbonyl (C=O) groups excluding carboxylic acids is 1. The Hall–Kier alpha value is -2.91. The molecular formula is C18H17FN2O3. The van der Waals surface area contributed by atoms with Crippen molar-refractivity contribution >= 4 is 5.97 Å². The van der Waals surface area contributed by atoms with Crippen molar-refractivity contribution in [2.24, 2.45) is 5.73 Å². The van der Waals surface area contributed by atoms with E-state index < -0.39 is 12.0 Å². The van der Waals surface area contributed by atoms with Crippen LogP contribution >= 0.6 is 0 Å². The maximum absolute atomic E-state index is 13.6. The third-order valence-corrected chi connectivity index (χ3v) is 3.46. The number of carbonyl (C=O) groups is 1. The SMILES string of the molecule is COC(=O)[C@@H](N)Cc1ccc(OCc2ccccc2F)c(C#N)c1. The number of nitrogens with zero attached hydrogens (tertiary/aromatic N) is 1. The van der Waals surface area contributed by atoms with E-state index in [-0.39, 0.29) is 18.8 Å². The summed E-state index contributed by atoms with van der Waals surface area (Å²) in [5, 5.41) is 9.26. The Morgan fingerprint density at radius 3 is 2.75 bits per heavy atom. The van der Waals surface area contributed by atoms with Crippen LogP contribution in [0.3, 0.4) is 0 Å². The van der Waals surface area contributed by atoms with Crippen LogP contribution in [0.15, 0.2) is 42.5 Å². The molecule has 0 fully saturated rings. The van der Waals surface area contributed by atoms with Crippen molar-refractivity contribution in [3.63, 3.8) is 0 Å². The van der Waals surface area contributed by atoms with Gasteiger partial charge in [-0.05, 0) is 30.2 Å². The summed E-state index contributed by atoms with van der Waals surface area (Å²) < 4.78 is 23.7. The molecule has 2 aromatic carbocycles. The van der Waals surface area contributed by atoms with Crippen LogP contribution < -0.4 is 10.5 Å². The Morgan fingerprint density at radius 2 is 2.08 bits per heavy atom. The third kappa shape index (κ3) is 4.31. The molecule has 1 atom stereocenters. The van der Waals surface area contributed by atoms with E-state index in [1.54, 1.807) is 36.4 Å².